The minimum Gasteiger partial charge on any atom is -0.0622 e. The summed E-state index contributed by atoms with van der Waals surface area (Å²) in [6.07, 6.45) is 9.23. The summed E-state index contributed by atoms with van der Waals surface area (Å²) >= 11 is 0. The molecule has 0 N–H and O–H groups in total. The first-order valence-electron chi connectivity index (χ1n) is 6.68. The molecule has 0 amide bonds. The first kappa shape index (κ1) is 13.3. The Kier molecular flexibility index (Phi) is 6.96. The summed E-state index contributed by atoms with van der Waals surface area (Å²) in [7, 11) is 0. The van der Waals surface area contributed by atoms with Crippen LogP contribution in [-0.2, 0) is 0 Å². The van der Waals surface area contributed by atoms with E-state index in [1.54, 1.807) is 0 Å². The van der Waals surface area contributed by atoms with Gasteiger partial charge in [-0.25, -0.2) is 0 Å². The molecule has 0 bridgehead atoms. The topological polar surface area (TPSA) is 0 Å². The van der Waals surface area contributed by atoms with Crippen LogP contribution in [0.1, 0.15) is 63.4 Å². The van der Waals surface area contributed by atoms with E-state index in [9.17, 15) is 0 Å². The SMILES string of the molecule is [CH2]CCCCCCCC(C)c1ccccc1. The van der Waals surface area contributed by atoms with E-state index in [1.165, 1.54) is 44.1 Å². The zero-order chi connectivity index (χ0) is 11.6. The Morgan fingerprint density at radius 1 is 0.938 bits per heavy atom. The van der Waals surface area contributed by atoms with Gasteiger partial charge >= 0.3 is 0 Å². The summed E-state index contributed by atoms with van der Waals surface area (Å²) in [6, 6.07) is 10.9. The van der Waals surface area contributed by atoms with Gasteiger partial charge in [-0.1, -0.05) is 82.7 Å². The van der Waals surface area contributed by atoms with E-state index >= 15 is 0 Å². The Labute approximate surface area is 101 Å². The smallest absolute Gasteiger partial charge is 0.0190 e. The maximum Gasteiger partial charge on any atom is -0.0190 e. The lowest BCUT2D eigenvalue weighted by molar-refractivity contribution is 0.561. The molecule has 0 aliphatic heterocycles. The molecule has 0 heterocycles. The van der Waals surface area contributed by atoms with Crippen molar-refractivity contribution in [2.45, 2.75) is 57.8 Å². The van der Waals surface area contributed by atoms with Gasteiger partial charge in [0.1, 0.15) is 0 Å². The lowest BCUT2D eigenvalue weighted by atomic mass is 9.95. The normalized spacial score (nSPS) is 12.6. The van der Waals surface area contributed by atoms with Crippen LogP contribution >= 0.6 is 0 Å². The molecular weight excluding hydrogens is 192 g/mol. The highest BCUT2D eigenvalue weighted by molar-refractivity contribution is 5.18. The van der Waals surface area contributed by atoms with Crippen molar-refractivity contribution >= 4 is 0 Å². The third kappa shape index (κ3) is 5.34. The zero-order valence-electron chi connectivity index (χ0n) is 10.6. The first-order chi connectivity index (χ1) is 7.84. The molecule has 0 heteroatoms. The van der Waals surface area contributed by atoms with Gasteiger partial charge in [-0.15, -0.1) is 0 Å². The molecule has 1 rings (SSSR count). The Morgan fingerprint density at radius 3 is 2.25 bits per heavy atom. The van der Waals surface area contributed by atoms with Crippen LogP contribution < -0.4 is 0 Å². The molecule has 1 atom stereocenters. The summed E-state index contributed by atoms with van der Waals surface area (Å²) in [5.74, 6) is 0.717. The highest BCUT2D eigenvalue weighted by Gasteiger charge is 2.03. The van der Waals surface area contributed by atoms with Crippen LogP contribution in [0.4, 0.5) is 0 Å². The second-order valence-electron chi connectivity index (χ2n) is 4.72. The zero-order valence-corrected chi connectivity index (χ0v) is 10.6. The number of benzene rings is 1. The summed E-state index contributed by atoms with van der Waals surface area (Å²) in [6.45, 7) is 6.21. The van der Waals surface area contributed by atoms with Crippen LogP contribution in [0.15, 0.2) is 30.3 Å². The third-order valence-corrected chi connectivity index (χ3v) is 3.26. The molecule has 16 heavy (non-hydrogen) atoms. The number of unbranched alkanes of at least 4 members (excludes halogenated alkanes) is 5. The molecule has 1 aromatic rings. The molecule has 0 aliphatic rings. The molecule has 1 unspecified atom stereocenters. The fourth-order valence-corrected chi connectivity index (χ4v) is 2.11. The van der Waals surface area contributed by atoms with Crippen LogP contribution in [0.2, 0.25) is 0 Å². The van der Waals surface area contributed by atoms with Crippen LogP contribution in [-0.4, -0.2) is 0 Å². The van der Waals surface area contributed by atoms with E-state index in [-0.39, 0.29) is 0 Å². The maximum absolute atomic E-state index is 3.87. The van der Waals surface area contributed by atoms with Crippen LogP contribution in [0.25, 0.3) is 0 Å². The molecule has 0 saturated heterocycles. The molecule has 1 radical (unpaired) electrons. The largest absolute Gasteiger partial charge is 0.0622 e. The molecule has 0 aliphatic carbocycles. The van der Waals surface area contributed by atoms with Crippen molar-refractivity contribution in [3.8, 4) is 0 Å². The summed E-state index contributed by atoms with van der Waals surface area (Å²) < 4.78 is 0. The molecule has 0 aromatic heterocycles. The molecule has 89 valence electrons. The van der Waals surface area contributed by atoms with E-state index in [1.807, 2.05) is 0 Å². The molecule has 0 nitrogen and oxygen atoms in total. The predicted molar refractivity (Wildman–Crippen MR) is 72.5 cm³/mol. The van der Waals surface area contributed by atoms with Gasteiger partial charge in [-0.2, -0.15) is 0 Å². The lowest BCUT2D eigenvalue weighted by Crippen LogP contribution is -1.93. The van der Waals surface area contributed by atoms with E-state index in [0.717, 1.165) is 6.42 Å². The van der Waals surface area contributed by atoms with Crippen molar-refractivity contribution in [2.24, 2.45) is 0 Å². The van der Waals surface area contributed by atoms with Crippen LogP contribution in [0.5, 0.6) is 0 Å². The van der Waals surface area contributed by atoms with Gasteiger partial charge in [-0.05, 0) is 17.9 Å². The highest BCUT2D eigenvalue weighted by Crippen LogP contribution is 2.21. The van der Waals surface area contributed by atoms with Crippen LogP contribution in [0, 0.1) is 6.92 Å². The second-order valence-corrected chi connectivity index (χ2v) is 4.72. The Morgan fingerprint density at radius 2 is 1.56 bits per heavy atom. The fourth-order valence-electron chi connectivity index (χ4n) is 2.11. The minimum atomic E-state index is 0.717. The van der Waals surface area contributed by atoms with E-state index < -0.39 is 0 Å². The average molecular weight is 217 g/mol. The van der Waals surface area contributed by atoms with Gasteiger partial charge in [0.05, 0.1) is 0 Å². The van der Waals surface area contributed by atoms with Gasteiger partial charge in [0.15, 0.2) is 0 Å². The Hall–Kier alpha value is -0.780. The second kappa shape index (κ2) is 8.38. The minimum absolute atomic E-state index is 0.717. The van der Waals surface area contributed by atoms with Crippen LogP contribution in [0.3, 0.4) is 0 Å². The average Bonchev–Trinajstić information content (AvgIpc) is 2.34. The summed E-state index contributed by atoms with van der Waals surface area (Å²) in [5, 5.41) is 0. The van der Waals surface area contributed by atoms with Crippen molar-refractivity contribution in [3.05, 3.63) is 42.8 Å². The third-order valence-electron chi connectivity index (χ3n) is 3.26. The molecule has 0 spiro atoms. The van der Waals surface area contributed by atoms with Crippen molar-refractivity contribution in [3.63, 3.8) is 0 Å². The van der Waals surface area contributed by atoms with E-state index in [0.29, 0.717) is 5.92 Å². The summed E-state index contributed by atoms with van der Waals surface area (Å²) in [5.41, 5.74) is 1.49. The maximum atomic E-state index is 3.87. The Balaban J connectivity index is 2.09. The fraction of sp³-hybridized carbons (Fsp3) is 0.562. The van der Waals surface area contributed by atoms with Gasteiger partial charge in [0, 0.05) is 0 Å². The lowest BCUT2D eigenvalue weighted by Gasteiger charge is -2.11. The molecular formula is C16H25. The number of hydrogen-bond acceptors (Lipinski definition) is 0. The van der Waals surface area contributed by atoms with Gasteiger partial charge in [0.25, 0.3) is 0 Å². The first-order valence-corrected chi connectivity index (χ1v) is 6.68. The van der Waals surface area contributed by atoms with Crippen molar-refractivity contribution in [1.29, 1.82) is 0 Å². The van der Waals surface area contributed by atoms with Crippen molar-refractivity contribution in [2.75, 3.05) is 0 Å². The van der Waals surface area contributed by atoms with E-state index in [2.05, 4.69) is 44.2 Å². The van der Waals surface area contributed by atoms with Gasteiger partial charge in [0.2, 0.25) is 0 Å². The quantitative estimate of drug-likeness (QED) is 0.514. The monoisotopic (exact) mass is 217 g/mol. The predicted octanol–water partition coefficient (Wildman–Crippen LogP) is 5.35. The van der Waals surface area contributed by atoms with Gasteiger partial charge < -0.3 is 0 Å². The van der Waals surface area contributed by atoms with Gasteiger partial charge in [-0.3, -0.25) is 0 Å². The Bertz CT molecular complexity index is 250. The summed E-state index contributed by atoms with van der Waals surface area (Å²) in [4.78, 5) is 0. The highest BCUT2D eigenvalue weighted by atomic mass is 14.1. The molecule has 0 saturated carbocycles. The standard InChI is InChI=1S/C16H25/c1-3-4-5-6-7-9-12-15(2)16-13-10-8-11-14-16/h8,10-11,13-15H,1,3-7,9,12H2,2H3. The van der Waals surface area contributed by atoms with Crippen molar-refractivity contribution < 1.29 is 0 Å². The number of hydrogen-bond donors (Lipinski definition) is 0. The molecule has 0 fully saturated rings. The molecule has 1 aromatic carbocycles. The van der Waals surface area contributed by atoms with E-state index in [4.69, 9.17) is 0 Å². The van der Waals surface area contributed by atoms with Crippen molar-refractivity contribution in [1.82, 2.24) is 0 Å². The number of rotatable bonds is 8.